The van der Waals surface area contributed by atoms with Gasteiger partial charge in [-0.15, -0.1) is 0 Å². The van der Waals surface area contributed by atoms with Crippen LogP contribution in [0.2, 0.25) is 0 Å². The van der Waals surface area contributed by atoms with E-state index in [0.29, 0.717) is 18.9 Å². The number of benzene rings is 1. The van der Waals surface area contributed by atoms with Crippen LogP contribution in [0.1, 0.15) is 37.0 Å². The van der Waals surface area contributed by atoms with E-state index < -0.39 is 6.04 Å². The van der Waals surface area contributed by atoms with Crippen molar-refractivity contribution in [2.75, 3.05) is 13.1 Å². The fourth-order valence-corrected chi connectivity index (χ4v) is 4.31. The first-order valence-electron chi connectivity index (χ1n) is 9.68. The lowest BCUT2D eigenvalue weighted by atomic mass is 10.0. The van der Waals surface area contributed by atoms with Crippen molar-refractivity contribution in [3.8, 4) is 11.1 Å². The highest BCUT2D eigenvalue weighted by Crippen LogP contribution is 2.34. The molecule has 5 rings (SSSR count). The molecule has 2 atom stereocenters. The standard InChI is InChI=1S/C20H22N6O2/c1-12-19-15(13-9-22-25(11-13)14-7-8-21-10-14)3-2-4-16(19)26(24-12)17-5-6-18(27)23-20(17)28/h2-4,9,11,14,17,21H,5-8,10H2,1H3,(H,23,27,28)/t14-,17?/m0/s1. The molecule has 28 heavy (non-hydrogen) atoms. The van der Waals surface area contributed by atoms with Crippen LogP contribution in [0.4, 0.5) is 0 Å². The summed E-state index contributed by atoms with van der Waals surface area (Å²) in [6, 6.07) is 5.96. The van der Waals surface area contributed by atoms with Gasteiger partial charge in [0.15, 0.2) is 0 Å². The lowest BCUT2D eigenvalue weighted by Crippen LogP contribution is -2.42. The quantitative estimate of drug-likeness (QED) is 0.677. The van der Waals surface area contributed by atoms with Crippen LogP contribution in [0.25, 0.3) is 22.0 Å². The molecule has 3 aromatic rings. The maximum absolute atomic E-state index is 12.4. The molecule has 4 heterocycles. The number of carbonyl (C=O) groups excluding carboxylic acids is 2. The van der Waals surface area contributed by atoms with Crippen molar-refractivity contribution < 1.29 is 9.59 Å². The molecule has 0 aliphatic carbocycles. The summed E-state index contributed by atoms with van der Waals surface area (Å²) in [5, 5.41) is 16.1. The zero-order chi connectivity index (χ0) is 19.3. The highest BCUT2D eigenvalue weighted by atomic mass is 16.2. The number of rotatable bonds is 3. The molecule has 2 N–H and O–H groups in total. The minimum absolute atomic E-state index is 0.219. The summed E-state index contributed by atoms with van der Waals surface area (Å²) in [7, 11) is 0. The zero-order valence-corrected chi connectivity index (χ0v) is 15.7. The average Bonchev–Trinajstić information content (AvgIpc) is 3.42. The molecule has 1 aromatic carbocycles. The minimum atomic E-state index is -0.462. The third-order valence-corrected chi connectivity index (χ3v) is 5.74. The number of hydrogen-bond donors (Lipinski definition) is 2. The van der Waals surface area contributed by atoms with Gasteiger partial charge in [0.2, 0.25) is 5.91 Å². The fraction of sp³-hybridized carbons (Fsp3) is 0.400. The largest absolute Gasteiger partial charge is 0.315 e. The van der Waals surface area contributed by atoms with Gasteiger partial charge < -0.3 is 5.32 Å². The number of nitrogens with zero attached hydrogens (tertiary/aromatic N) is 4. The molecule has 2 aromatic heterocycles. The van der Waals surface area contributed by atoms with Gasteiger partial charge >= 0.3 is 0 Å². The number of hydrogen-bond acceptors (Lipinski definition) is 5. The first-order chi connectivity index (χ1) is 13.6. The van der Waals surface area contributed by atoms with E-state index in [-0.39, 0.29) is 11.8 Å². The Hall–Kier alpha value is -3.00. The molecule has 2 fully saturated rings. The van der Waals surface area contributed by atoms with Crippen LogP contribution in [0.3, 0.4) is 0 Å². The summed E-state index contributed by atoms with van der Waals surface area (Å²) in [4.78, 5) is 23.8. The fourth-order valence-electron chi connectivity index (χ4n) is 4.31. The number of carbonyl (C=O) groups is 2. The molecule has 0 radical (unpaired) electrons. The molecule has 2 aliphatic heterocycles. The van der Waals surface area contributed by atoms with Crippen molar-refractivity contribution in [1.29, 1.82) is 0 Å². The summed E-state index contributed by atoms with van der Waals surface area (Å²) >= 11 is 0. The van der Waals surface area contributed by atoms with Crippen molar-refractivity contribution in [2.45, 2.75) is 38.3 Å². The maximum atomic E-state index is 12.4. The van der Waals surface area contributed by atoms with Crippen LogP contribution in [0.15, 0.2) is 30.6 Å². The van der Waals surface area contributed by atoms with Crippen LogP contribution in [-0.4, -0.2) is 44.5 Å². The molecule has 0 spiro atoms. The third-order valence-electron chi connectivity index (χ3n) is 5.74. The second-order valence-corrected chi connectivity index (χ2v) is 7.55. The highest BCUT2D eigenvalue weighted by molar-refractivity contribution is 6.01. The number of nitrogens with one attached hydrogen (secondary N) is 2. The van der Waals surface area contributed by atoms with E-state index >= 15 is 0 Å². The minimum Gasteiger partial charge on any atom is -0.315 e. The number of fused-ring (bicyclic) bond motifs is 1. The van der Waals surface area contributed by atoms with Crippen LogP contribution in [-0.2, 0) is 9.59 Å². The SMILES string of the molecule is Cc1nn(C2CCC(=O)NC2=O)c2cccc(-c3cnn([C@H]4CCNC4)c3)c12. The predicted molar refractivity (Wildman–Crippen MR) is 104 cm³/mol. The van der Waals surface area contributed by atoms with Crippen molar-refractivity contribution in [3.63, 3.8) is 0 Å². The van der Waals surface area contributed by atoms with Crippen LogP contribution in [0.5, 0.6) is 0 Å². The van der Waals surface area contributed by atoms with Crippen molar-refractivity contribution in [1.82, 2.24) is 30.2 Å². The van der Waals surface area contributed by atoms with E-state index in [4.69, 9.17) is 0 Å². The Morgan fingerprint density at radius 2 is 2.11 bits per heavy atom. The Morgan fingerprint density at radius 1 is 1.21 bits per heavy atom. The van der Waals surface area contributed by atoms with Gasteiger partial charge in [-0.25, -0.2) is 0 Å². The topological polar surface area (TPSA) is 93.8 Å². The van der Waals surface area contributed by atoms with E-state index in [9.17, 15) is 9.59 Å². The van der Waals surface area contributed by atoms with Gasteiger partial charge in [-0.2, -0.15) is 10.2 Å². The summed E-state index contributed by atoms with van der Waals surface area (Å²) in [6.45, 7) is 3.92. The molecular formula is C20H22N6O2. The molecule has 144 valence electrons. The van der Waals surface area contributed by atoms with E-state index in [1.807, 2.05) is 29.9 Å². The third kappa shape index (κ3) is 2.72. The second kappa shape index (κ2) is 6.56. The number of imide groups is 1. The normalized spacial score (nSPS) is 22.8. The number of aromatic nitrogens is 4. The average molecular weight is 378 g/mol. The van der Waals surface area contributed by atoms with Gasteiger partial charge in [-0.05, 0) is 37.9 Å². The summed E-state index contributed by atoms with van der Waals surface area (Å²) in [5.74, 6) is -0.503. The van der Waals surface area contributed by atoms with E-state index in [1.165, 1.54) is 0 Å². The van der Waals surface area contributed by atoms with Crippen LogP contribution < -0.4 is 10.6 Å². The zero-order valence-electron chi connectivity index (χ0n) is 15.7. The summed E-state index contributed by atoms with van der Waals surface area (Å²) in [5.41, 5.74) is 3.87. The van der Waals surface area contributed by atoms with Crippen molar-refractivity contribution in [2.24, 2.45) is 0 Å². The Balaban J connectivity index is 1.57. The van der Waals surface area contributed by atoms with Crippen molar-refractivity contribution >= 4 is 22.7 Å². The van der Waals surface area contributed by atoms with E-state index in [0.717, 1.165) is 47.2 Å². The Kier molecular flexibility index (Phi) is 4.01. The predicted octanol–water partition coefficient (Wildman–Crippen LogP) is 1.72. The second-order valence-electron chi connectivity index (χ2n) is 7.55. The first kappa shape index (κ1) is 17.1. The van der Waals surface area contributed by atoms with Gasteiger partial charge in [0.1, 0.15) is 6.04 Å². The molecule has 2 amide bonds. The smallest absolute Gasteiger partial charge is 0.251 e. The van der Waals surface area contributed by atoms with Gasteiger partial charge in [-0.1, -0.05) is 12.1 Å². The van der Waals surface area contributed by atoms with Crippen molar-refractivity contribution in [3.05, 3.63) is 36.3 Å². The first-order valence-corrected chi connectivity index (χ1v) is 9.68. The molecule has 2 aliphatic rings. The Labute approximate surface area is 161 Å². The van der Waals surface area contributed by atoms with Crippen LogP contribution >= 0.6 is 0 Å². The van der Waals surface area contributed by atoms with Gasteiger partial charge in [-0.3, -0.25) is 24.3 Å². The highest BCUT2D eigenvalue weighted by Gasteiger charge is 2.30. The monoisotopic (exact) mass is 378 g/mol. The number of aryl methyl sites for hydroxylation is 1. The van der Waals surface area contributed by atoms with Gasteiger partial charge in [0.25, 0.3) is 5.91 Å². The molecule has 8 heteroatoms. The lowest BCUT2D eigenvalue weighted by Gasteiger charge is -2.21. The number of piperidine rings is 1. The van der Waals surface area contributed by atoms with Crippen LogP contribution in [0, 0.1) is 6.92 Å². The van der Waals surface area contributed by atoms with Gasteiger partial charge in [0, 0.05) is 30.1 Å². The molecular weight excluding hydrogens is 356 g/mol. The molecule has 1 unspecified atom stereocenters. The number of amides is 2. The molecule has 0 bridgehead atoms. The maximum Gasteiger partial charge on any atom is 0.251 e. The van der Waals surface area contributed by atoms with E-state index in [1.54, 1.807) is 4.68 Å². The summed E-state index contributed by atoms with van der Waals surface area (Å²) < 4.78 is 3.80. The molecule has 8 nitrogen and oxygen atoms in total. The lowest BCUT2D eigenvalue weighted by molar-refractivity contribution is -0.135. The Bertz CT molecular complexity index is 1080. The summed E-state index contributed by atoms with van der Waals surface area (Å²) in [6.07, 6.45) is 5.87. The van der Waals surface area contributed by atoms with Gasteiger partial charge in [0.05, 0.1) is 23.4 Å². The Morgan fingerprint density at radius 3 is 2.89 bits per heavy atom. The molecule has 2 saturated heterocycles. The molecule has 0 saturated carbocycles. The van der Waals surface area contributed by atoms with E-state index in [2.05, 4.69) is 33.1 Å².